The molecule has 0 bridgehead atoms. The van der Waals surface area contributed by atoms with E-state index in [1.54, 1.807) is 18.5 Å². The van der Waals surface area contributed by atoms with Gasteiger partial charge in [-0.3, -0.25) is 9.78 Å². The quantitative estimate of drug-likeness (QED) is 0.915. The van der Waals surface area contributed by atoms with E-state index >= 15 is 0 Å². The van der Waals surface area contributed by atoms with Crippen LogP contribution < -0.4 is 0 Å². The molecule has 1 unspecified atom stereocenters. The summed E-state index contributed by atoms with van der Waals surface area (Å²) in [4.78, 5) is 19.1. The molecule has 0 spiro atoms. The van der Waals surface area contributed by atoms with E-state index in [1.807, 2.05) is 41.3 Å². The number of benzene rings is 1. The van der Waals surface area contributed by atoms with Gasteiger partial charge >= 0.3 is 0 Å². The molecule has 2 aromatic rings. The van der Waals surface area contributed by atoms with Crippen molar-refractivity contribution in [1.29, 1.82) is 0 Å². The van der Waals surface area contributed by atoms with Crippen LogP contribution in [0, 0.1) is 5.92 Å². The molecule has 2 heterocycles. The number of nitrogens with zero attached hydrogens (tertiary/aromatic N) is 2. The van der Waals surface area contributed by atoms with Crippen molar-refractivity contribution in [3.63, 3.8) is 0 Å². The van der Waals surface area contributed by atoms with E-state index in [0.717, 1.165) is 31.2 Å². The van der Waals surface area contributed by atoms with E-state index in [0.29, 0.717) is 18.5 Å². The van der Waals surface area contributed by atoms with Crippen molar-refractivity contribution in [3.05, 3.63) is 66.0 Å². The van der Waals surface area contributed by atoms with Crippen LogP contribution in [0.3, 0.4) is 0 Å². The van der Waals surface area contributed by atoms with Crippen molar-refractivity contribution >= 4 is 5.91 Å². The Morgan fingerprint density at radius 1 is 1.12 bits per heavy atom. The highest BCUT2D eigenvalue weighted by Crippen LogP contribution is 2.47. The van der Waals surface area contributed by atoms with Gasteiger partial charge in [-0.2, -0.15) is 0 Å². The number of piperidine rings is 1. The van der Waals surface area contributed by atoms with Gasteiger partial charge in [0.15, 0.2) is 0 Å². The number of hydrogen-bond acceptors (Lipinski definition) is 3. The second-order valence-electron chi connectivity index (χ2n) is 7.24. The third kappa shape index (κ3) is 2.85. The molecule has 0 radical (unpaired) electrons. The number of amides is 1. The van der Waals surface area contributed by atoms with E-state index < -0.39 is 5.60 Å². The zero-order chi connectivity index (χ0) is 17.3. The maximum Gasteiger partial charge on any atom is 0.255 e. The van der Waals surface area contributed by atoms with E-state index in [1.165, 1.54) is 0 Å². The van der Waals surface area contributed by atoms with Crippen LogP contribution in [0.1, 0.15) is 48.0 Å². The topological polar surface area (TPSA) is 53.4 Å². The lowest BCUT2D eigenvalue weighted by Gasteiger charge is -2.52. The van der Waals surface area contributed by atoms with Crippen LogP contribution in [0.15, 0.2) is 54.9 Å². The third-order valence-corrected chi connectivity index (χ3v) is 5.92. The summed E-state index contributed by atoms with van der Waals surface area (Å²) in [6, 6.07) is 13.7. The number of rotatable bonds is 2. The largest absolute Gasteiger partial charge is 0.385 e. The summed E-state index contributed by atoms with van der Waals surface area (Å²) in [6.45, 7) is 0.584. The first-order valence-corrected chi connectivity index (χ1v) is 9.19. The smallest absolute Gasteiger partial charge is 0.255 e. The molecule has 1 aliphatic carbocycles. The Labute approximate surface area is 148 Å². The Bertz CT molecular complexity index is 734. The van der Waals surface area contributed by atoms with Crippen LogP contribution in [-0.2, 0) is 5.60 Å². The Balaban J connectivity index is 1.66. The van der Waals surface area contributed by atoms with Gasteiger partial charge in [-0.1, -0.05) is 43.2 Å². The van der Waals surface area contributed by atoms with Crippen molar-refractivity contribution in [2.24, 2.45) is 5.92 Å². The molecular formula is C21H24N2O2. The van der Waals surface area contributed by atoms with Crippen LogP contribution in [-0.4, -0.2) is 33.5 Å². The van der Waals surface area contributed by atoms with Crippen molar-refractivity contribution in [2.45, 2.75) is 43.7 Å². The fourth-order valence-electron chi connectivity index (χ4n) is 4.68. The molecule has 4 rings (SSSR count). The van der Waals surface area contributed by atoms with Gasteiger partial charge < -0.3 is 10.0 Å². The SMILES string of the molecule is O=C(c1cccnc1)N1CCC(O)(c2ccccc2)[C@H]2CCCC[C@H]21. The van der Waals surface area contributed by atoms with Crippen molar-refractivity contribution in [2.75, 3.05) is 6.54 Å². The van der Waals surface area contributed by atoms with Gasteiger partial charge in [-0.05, 0) is 37.0 Å². The summed E-state index contributed by atoms with van der Waals surface area (Å²) in [7, 11) is 0. The number of fused-ring (bicyclic) bond motifs is 1. The van der Waals surface area contributed by atoms with Gasteiger partial charge in [-0.15, -0.1) is 0 Å². The molecular weight excluding hydrogens is 312 g/mol. The molecule has 130 valence electrons. The molecule has 2 aliphatic rings. The van der Waals surface area contributed by atoms with Gasteiger partial charge in [0.1, 0.15) is 0 Å². The predicted octanol–water partition coefficient (Wildman–Crippen LogP) is 3.37. The summed E-state index contributed by atoms with van der Waals surface area (Å²) < 4.78 is 0. The first-order chi connectivity index (χ1) is 12.2. The summed E-state index contributed by atoms with van der Waals surface area (Å²) in [5.41, 5.74) is 0.787. The van der Waals surface area contributed by atoms with Crippen LogP contribution in [0.4, 0.5) is 0 Å². The second-order valence-corrected chi connectivity index (χ2v) is 7.24. The van der Waals surface area contributed by atoms with E-state index in [9.17, 15) is 9.90 Å². The highest BCUT2D eigenvalue weighted by Gasteiger charge is 2.50. The van der Waals surface area contributed by atoms with Crippen LogP contribution in [0.25, 0.3) is 0 Å². The molecule has 1 aromatic carbocycles. The van der Waals surface area contributed by atoms with Crippen LogP contribution in [0.5, 0.6) is 0 Å². The molecule has 1 saturated carbocycles. The number of pyridine rings is 1. The van der Waals surface area contributed by atoms with Crippen LogP contribution >= 0.6 is 0 Å². The molecule has 1 aliphatic heterocycles. The highest BCUT2D eigenvalue weighted by molar-refractivity contribution is 5.94. The molecule has 1 amide bonds. The summed E-state index contributed by atoms with van der Waals surface area (Å²) in [5, 5.41) is 11.6. The zero-order valence-electron chi connectivity index (χ0n) is 14.3. The molecule has 2 fully saturated rings. The monoisotopic (exact) mass is 336 g/mol. The minimum Gasteiger partial charge on any atom is -0.385 e. The lowest BCUT2D eigenvalue weighted by atomic mass is 9.66. The molecule has 25 heavy (non-hydrogen) atoms. The Morgan fingerprint density at radius 3 is 2.68 bits per heavy atom. The summed E-state index contributed by atoms with van der Waals surface area (Å²) in [5.74, 6) is 0.137. The number of carbonyl (C=O) groups excluding carboxylic acids is 1. The third-order valence-electron chi connectivity index (χ3n) is 5.92. The fraction of sp³-hybridized carbons (Fsp3) is 0.429. The van der Waals surface area contributed by atoms with Gasteiger partial charge in [0.2, 0.25) is 0 Å². The Kier molecular flexibility index (Phi) is 4.30. The van der Waals surface area contributed by atoms with Gasteiger partial charge in [0.25, 0.3) is 5.91 Å². The van der Waals surface area contributed by atoms with E-state index in [4.69, 9.17) is 0 Å². The summed E-state index contributed by atoms with van der Waals surface area (Å²) in [6.07, 6.45) is 8.07. The average molecular weight is 336 g/mol. The standard InChI is InChI=1S/C21H24N2O2/c24-20(16-7-6-13-22-15-16)23-14-12-21(25,17-8-2-1-3-9-17)18-10-4-5-11-19(18)23/h1-3,6-9,13,15,18-19,25H,4-5,10-12,14H2/t18-,19+,21?/m0/s1. The van der Waals surface area contributed by atoms with Gasteiger partial charge in [0, 0.05) is 30.9 Å². The molecule has 4 nitrogen and oxygen atoms in total. The lowest BCUT2D eigenvalue weighted by molar-refractivity contribution is -0.110. The normalized spacial score (nSPS) is 29.1. The minimum atomic E-state index is -0.835. The lowest BCUT2D eigenvalue weighted by Crippen LogP contribution is -2.59. The minimum absolute atomic E-state index is 0.0418. The first-order valence-electron chi connectivity index (χ1n) is 9.19. The van der Waals surface area contributed by atoms with E-state index in [-0.39, 0.29) is 17.9 Å². The number of aliphatic hydroxyl groups is 1. The Hall–Kier alpha value is -2.20. The number of likely N-dealkylation sites (tertiary alicyclic amines) is 1. The second kappa shape index (κ2) is 6.60. The zero-order valence-corrected chi connectivity index (χ0v) is 14.3. The molecule has 1 aromatic heterocycles. The molecule has 1 N–H and O–H groups in total. The highest BCUT2D eigenvalue weighted by atomic mass is 16.3. The molecule has 1 saturated heterocycles. The van der Waals surface area contributed by atoms with Gasteiger partial charge in [0.05, 0.1) is 11.2 Å². The van der Waals surface area contributed by atoms with Crippen molar-refractivity contribution in [1.82, 2.24) is 9.88 Å². The number of carbonyl (C=O) groups is 1. The first kappa shape index (κ1) is 16.3. The van der Waals surface area contributed by atoms with Crippen LogP contribution in [0.2, 0.25) is 0 Å². The number of aromatic nitrogens is 1. The van der Waals surface area contributed by atoms with E-state index in [2.05, 4.69) is 4.98 Å². The van der Waals surface area contributed by atoms with Crippen molar-refractivity contribution in [3.8, 4) is 0 Å². The predicted molar refractivity (Wildman–Crippen MR) is 96.0 cm³/mol. The molecule has 4 heteroatoms. The maximum absolute atomic E-state index is 13.0. The maximum atomic E-state index is 13.0. The summed E-state index contributed by atoms with van der Waals surface area (Å²) >= 11 is 0. The average Bonchev–Trinajstić information content (AvgIpc) is 2.69. The Morgan fingerprint density at radius 2 is 1.92 bits per heavy atom. The van der Waals surface area contributed by atoms with Gasteiger partial charge in [-0.25, -0.2) is 0 Å². The fourth-order valence-corrected chi connectivity index (χ4v) is 4.68. The number of hydrogen-bond donors (Lipinski definition) is 1. The molecule has 3 atom stereocenters. The van der Waals surface area contributed by atoms with Crippen molar-refractivity contribution < 1.29 is 9.90 Å².